The molecule has 0 saturated heterocycles. The van der Waals surface area contributed by atoms with Gasteiger partial charge < -0.3 is 4.74 Å². The molecule has 5 aromatic carbocycles. The summed E-state index contributed by atoms with van der Waals surface area (Å²) in [5.74, 6) is 2.51. The number of aryl methyl sites for hydroxylation is 1. The third-order valence-electron chi connectivity index (χ3n) is 10.1. The highest BCUT2D eigenvalue weighted by atomic mass is 16.5. The number of nitrogens with zero attached hydrogens (tertiary/aromatic N) is 4. The van der Waals surface area contributed by atoms with Crippen LogP contribution < -0.4 is 9.30 Å². The fraction of sp³-hybridized carbons (Fsp3) is 0.143. The van der Waals surface area contributed by atoms with Gasteiger partial charge in [0.2, 0.25) is 6.33 Å². The monoisotopic (exact) mass is 611 g/mol. The lowest BCUT2D eigenvalue weighted by Crippen LogP contribution is -2.25. The van der Waals surface area contributed by atoms with Gasteiger partial charge in [-0.3, -0.25) is 4.57 Å². The van der Waals surface area contributed by atoms with Crippen LogP contribution in [0.5, 0.6) is 11.5 Å². The molecule has 0 radical (unpaired) electrons. The van der Waals surface area contributed by atoms with Crippen molar-refractivity contribution in [2.45, 2.75) is 31.1 Å². The van der Waals surface area contributed by atoms with Gasteiger partial charge in [-0.25, -0.2) is 9.55 Å². The molecule has 5 nitrogen and oxygen atoms in total. The fourth-order valence-corrected chi connectivity index (χ4v) is 7.88. The van der Waals surface area contributed by atoms with E-state index in [2.05, 4.69) is 154 Å². The van der Waals surface area contributed by atoms with E-state index in [-0.39, 0.29) is 5.41 Å². The van der Waals surface area contributed by atoms with Gasteiger partial charge in [0.25, 0.3) is 0 Å². The van der Waals surface area contributed by atoms with Crippen LogP contribution in [0.2, 0.25) is 0 Å². The predicted octanol–water partition coefficient (Wildman–Crippen LogP) is 9.60. The Morgan fingerprint density at radius 3 is 2.26 bits per heavy atom. The highest BCUT2D eigenvalue weighted by Gasteiger charge is 2.37. The van der Waals surface area contributed by atoms with E-state index in [0.29, 0.717) is 0 Å². The highest BCUT2D eigenvalue weighted by molar-refractivity contribution is 6.09. The van der Waals surface area contributed by atoms with Crippen molar-refractivity contribution in [3.05, 3.63) is 157 Å². The zero-order valence-electron chi connectivity index (χ0n) is 26.4. The minimum Gasteiger partial charge on any atom is -0.457 e. The Balaban J connectivity index is 1.14. The van der Waals surface area contributed by atoms with E-state index in [0.717, 1.165) is 52.4 Å². The van der Waals surface area contributed by atoms with Crippen LogP contribution in [0.25, 0.3) is 44.3 Å². The van der Waals surface area contributed by atoms with Gasteiger partial charge in [-0.15, -0.1) is 0 Å². The molecular formula is C42H35N4O+. The van der Waals surface area contributed by atoms with Gasteiger partial charge in [0.15, 0.2) is 11.0 Å². The van der Waals surface area contributed by atoms with E-state index in [1.165, 1.54) is 40.3 Å². The minimum atomic E-state index is 0.0130. The van der Waals surface area contributed by atoms with Crippen molar-refractivity contribution in [3.63, 3.8) is 0 Å². The van der Waals surface area contributed by atoms with Crippen LogP contribution in [0, 0.1) is 0 Å². The number of aromatic nitrogens is 4. The summed E-state index contributed by atoms with van der Waals surface area (Å²) < 4.78 is 13.2. The second-order valence-electron chi connectivity index (χ2n) is 12.8. The van der Waals surface area contributed by atoms with Crippen LogP contribution in [0.15, 0.2) is 146 Å². The first-order valence-electron chi connectivity index (χ1n) is 16.5. The number of hydrogen-bond acceptors (Lipinski definition) is 2. The lowest BCUT2D eigenvalue weighted by molar-refractivity contribution is -0.645. The van der Waals surface area contributed by atoms with Crippen molar-refractivity contribution in [1.82, 2.24) is 14.1 Å². The lowest BCUT2D eigenvalue weighted by Gasteiger charge is -2.31. The van der Waals surface area contributed by atoms with E-state index >= 15 is 0 Å². The van der Waals surface area contributed by atoms with Gasteiger partial charge in [0.1, 0.15) is 23.0 Å². The van der Waals surface area contributed by atoms with E-state index in [9.17, 15) is 0 Å². The summed E-state index contributed by atoms with van der Waals surface area (Å²) in [6, 6.07) is 47.3. The molecule has 0 atom stereocenters. The molecule has 1 aliphatic carbocycles. The largest absolute Gasteiger partial charge is 0.457 e. The molecular weight excluding hydrogens is 576 g/mol. The van der Waals surface area contributed by atoms with Crippen molar-refractivity contribution < 1.29 is 9.30 Å². The number of pyridine rings is 1. The highest BCUT2D eigenvalue weighted by Crippen LogP contribution is 2.47. The Hall–Kier alpha value is -5.68. The third kappa shape index (κ3) is 4.53. The van der Waals surface area contributed by atoms with Crippen LogP contribution in [-0.4, -0.2) is 14.1 Å². The summed E-state index contributed by atoms with van der Waals surface area (Å²) in [5, 5.41) is 2.38. The molecule has 0 amide bonds. The standard InChI is InChI=1S/C42H35N4O/c1-44-29-45(39-19-8-7-18-38(39)44)32-14-11-15-33(27-32)47-34-20-21-36-35-16-5-6-17-37(35)46(40(36)28-34)41-26-31(22-25-43-41)42(23-9-10-24-42)30-12-3-2-4-13-30/h2-8,11-22,25-29H,9-10,23-24H2,1H3/q+1. The molecule has 8 aromatic rings. The average Bonchev–Trinajstić information content (AvgIpc) is 3.84. The lowest BCUT2D eigenvalue weighted by atomic mass is 9.73. The summed E-state index contributed by atoms with van der Waals surface area (Å²) in [5.41, 5.74) is 8.35. The van der Waals surface area contributed by atoms with Crippen LogP contribution in [0.4, 0.5) is 0 Å². The molecule has 3 heterocycles. The quantitative estimate of drug-likeness (QED) is 0.176. The number of benzene rings is 5. The summed E-state index contributed by atoms with van der Waals surface area (Å²) in [4.78, 5) is 4.98. The van der Waals surface area contributed by atoms with Gasteiger partial charge in [-0.2, -0.15) is 4.57 Å². The number of rotatable bonds is 6. The first-order valence-corrected chi connectivity index (χ1v) is 16.5. The van der Waals surface area contributed by atoms with Gasteiger partial charge in [-0.05, 0) is 78.6 Å². The first-order chi connectivity index (χ1) is 23.2. The molecule has 9 rings (SSSR count). The van der Waals surface area contributed by atoms with Gasteiger partial charge in [0.05, 0.1) is 18.1 Å². The predicted molar refractivity (Wildman–Crippen MR) is 189 cm³/mol. The number of ether oxygens (including phenoxy) is 1. The zero-order valence-corrected chi connectivity index (χ0v) is 26.4. The summed E-state index contributed by atoms with van der Waals surface area (Å²) in [6.07, 6.45) is 8.89. The second kappa shape index (κ2) is 11.0. The van der Waals surface area contributed by atoms with Crippen LogP contribution in [0.1, 0.15) is 36.8 Å². The fourth-order valence-electron chi connectivity index (χ4n) is 7.88. The molecule has 1 saturated carbocycles. The Morgan fingerprint density at radius 1 is 0.638 bits per heavy atom. The average molecular weight is 612 g/mol. The Morgan fingerprint density at radius 2 is 1.38 bits per heavy atom. The zero-order chi connectivity index (χ0) is 31.4. The SMILES string of the molecule is C[n+]1cn(-c2cccc(Oc3ccc4c5ccccc5n(-c5cc(C6(c7ccccc7)CCCC6)ccn5)c4c3)c2)c2ccccc21. The first kappa shape index (κ1) is 27.6. The smallest absolute Gasteiger partial charge is 0.249 e. The molecule has 0 unspecified atom stereocenters. The van der Waals surface area contributed by atoms with Crippen molar-refractivity contribution in [2.75, 3.05) is 0 Å². The Bertz CT molecular complexity index is 2410. The van der Waals surface area contributed by atoms with Crippen molar-refractivity contribution in [3.8, 4) is 23.0 Å². The molecule has 0 aliphatic heterocycles. The van der Waals surface area contributed by atoms with Crippen molar-refractivity contribution in [2.24, 2.45) is 7.05 Å². The molecule has 3 aromatic heterocycles. The molecule has 0 bridgehead atoms. The number of hydrogen-bond donors (Lipinski definition) is 0. The van der Waals surface area contributed by atoms with Gasteiger partial charge in [-0.1, -0.05) is 79.6 Å². The van der Waals surface area contributed by atoms with Crippen molar-refractivity contribution >= 4 is 32.8 Å². The Kier molecular flexibility index (Phi) is 6.46. The van der Waals surface area contributed by atoms with E-state index < -0.39 is 0 Å². The van der Waals surface area contributed by atoms with Gasteiger partial charge in [0, 0.05) is 34.5 Å². The summed E-state index contributed by atoms with van der Waals surface area (Å²) in [6.45, 7) is 0. The van der Waals surface area contributed by atoms with Crippen LogP contribution in [0.3, 0.4) is 0 Å². The minimum absolute atomic E-state index is 0.0130. The molecule has 0 N–H and O–H groups in total. The molecule has 5 heteroatoms. The normalized spacial score (nSPS) is 14.3. The maximum absolute atomic E-state index is 6.58. The number of fused-ring (bicyclic) bond motifs is 4. The molecule has 47 heavy (non-hydrogen) atoms. The molecule has 228 valence electrons. The van der Waals surface area contributed by atoms with Crippen LogP contribution in [-0.2, 0) is 12.5 Å². The summed E-state index contributed by atoms with van der Waals surface area (Å²) >= 11 is 0. The maximum atomic E-state index is 6.58. The molecule has 1 aliphatic rings. The molecule has 1 fully saturated rings. The maximum Gasteiger partial charge on any atom is 0.249 e. The second-order valence-corrected chi connectivity index (χ2v) is 12.8. The Labute approximate surface area is 273 Å². The molecule has 0 spiro atoms. The van der Waals surface area contributed by atoms with Crippen LogP contribution >= 0.6 is 0 Å². The van der Waals surface area contributed by atoms with E-state index in [4.69, 9.17) is 9.72 Å². The van der Waals surface area contributed by atoms with E-state index in [1.807, 2.05) is 12.3 Å². The summed E-state index contributed by atoms with van der Waals surface area (Å²) in [7, 11) is 2.08. The number of imidazole rings is 1. The topological polar surface area (TPSA) is 35.9 Å². The van der Waals surface area contributed by atoms with Crippen molar-refractivity contribution in [1.29, 1.82) is 0 Å². The number of para-hydroxylation sites is 3. The van der Waals surface area contributed by atoms with Gasteiger partial charge >= 0.3 is 0 Å². The van der Waals surface area contributed by atoms with E-state index in [1.54, 1.807) is 0 Å². The third-order valence-corrected chi connectivity index (χ3v) is 10.1.